The third kappa shape index (κ3) is 4.47. The first-order valence-corrected chi connectivity index (χ1v) is 9.85. The number of halogens is 2. The summed E-state index contributed by atoms with van der Waals surface area (Å²) in [5, 5.41) is 3.41. The number of benzene rings is 2. The lowest BCUT2D eigenvalue weighted by molar-refractivity contribution is -0.121. The summed E-state index contributed by atoms with van der Waals surface area (Å²) >= 11 is 6.33. The highest BCUT2D eigenvalue weighted by atomic mass is 35.5. The molecule has 4 nitrogen and oxygen atoms in total. The van der Waals surface area contributed by atoms with Crippen LogP contribution in [0.15, 0.2) is 42.5 Å². The summed E-state index contributed by atoms with van der Waals surface area (Å²) in [6.07, 6.45) is 3.29. The molecular weight excluding hydrogens is 381 g/mol. The molecular formula is C22H25ClFNO3. The van der Waals surface area contributed by atoms with Crippen LogP contribution in [-0.2, 0) is 14.9 Å². The zero-order valence-corrected chi connectivity index (χ0v) is 16.9. The van der Waals surface area contributed by atoms with E-state index >= 15 is 0 Å². The second-order valence-corrected chi connectivity index (χ2v) is 7.69. The van der Waals surface area contributed by atoms with Gasteiger partial charge in [-0.05, 0) is 55.7 Å². The van der Waals surface area contributed by atoms with E-state index in [0.717, 1.165) is 31.2 Å². The highest BCUT2D eigenvalue weighted by molar-refractivity contribution is 6.32. The number of ether oxygens (including phenoxy) is 2. The van der Waals surface area contributed by atoms with Gasteiger partial charge in [0.25, 0.3) is 0 Å². The maximum absolute atomic E-state index is 13.3. The Morgan fingerprint density at radius 1 is 1.21 bits per heavy atom. The SMILES string of the molecule is COC[C@@H](C)Oc1ccc(NC(=O)C2(c3ccc(F)cc3)CCCC2)cc1Cl. The summed E-state index contributed by atoms with van der Waals surface area (Å²) < 4.78 is 24.1. The van der Waals surface area contributed by atoms with E-state index < -0.39 is 5.41 Å². The standard InChI is InChI=1S/C22H25ClFNO3/c1-15(14-27-2)28-20-10-9-18(13-19(20)23)25-21(26)22(11-3-4-12-22)16-5-7-17(24)8-6-16/h5-10,13,15H,3-4,11-12,14H2,1-2H3,(H,25,26)/t15-/m1/s1. The molecule has 150 valence electrons. The minimum atomic E-state index is -0.637. The second-order valence-electron chi connectivity index (χ2n) is 7.28. The molecule has 0 unspecified atom stereocenters. The molecule has 3 rings (SSSR count). The van der Waals surface area contributed by atoms with Crippen LogP contribution in [0.25, 0.3) is 0 Å². The molecule has 28 heavy (non-hydrogen) atoms. The van der Waals surface area contributed by atoms with Gasteiger partial charge in [0.2, 0.25) is 5.91 Å². The van der Waals surface area contributed by atoms with Gasteiger partial charge in [-0.2, -0.15) is 0 Å². The van der Waals surface area contributed by atoms with Crippen LogP contribution in [-0.4, -0.2) is 25.7 Å². The lowest BCUT2D eigenvalue weighted by atomic mass is 9.78. The highest BCUT2D eigenvalue weighted by Gasteiger charge is 2.42. The van der Waals surface area contributed by atoms with Crippen molar-refractivity contribution < 1.29 is 18.7 Å². The van der Waals surface area contributed by atoms with Gasteiger partial charge in [0, 0.05) is 12.8 Å². The molecule has 0 aromatic heterocycles. The first-order chi connectivity index (χ1) is 13.4. The topological polar surface area (TPSA) is 47.6 Å². The summed E-state index contributed by atoms with van der Waals surface area (Å²) in [4.78, 5) is 13.2. The lowest BCUT2D eigenvalue weighted by Gasteiger charge is -2.28. The molecule has 1 aliphatic rings. The molecule has 0 aliphatic heterocycles. The van der Waals surface area contributed by atoms with Crippen molar-refractivity contribution in [1.29, 1.82) is 0 Å². The molecule has 0 bridgehead atoms. The fraction of sp³-hybridized carbons (Fsp3) is 0.409. The van der Waals surface area contributed by atoms with Crippen molar-refractivity contribution in [3.63, 3.8) is 0 Å². The van der Waals surface area contributed by atoms with Gasteiger partial charge in [-0.1, -0.05) is 36.6 Å². The lowest BCUT2D eigenvalue weighted by Crippen LogP contribution is -2.38. The zero-order valence-electron chi connectivity index (χ0n) is 16.1. The first-order valence-electron chi connectivity index (χ1n) is 9.47. The van der Waals surface area contributed by atoms with E-state index in [1.807, 2.05) is 6.92 Å². The zero-order chi connectivity index (χ0) is 20.1. The monoisotopic (exact) mass is 405 g/mol. The first kappa shape index (κ1) is 20.6. The van der Waals surface area contributed by atoms with Crippen molar-refractivity contribution in [3.05, 3.63) is 58.9 Å². The summed E-state index contributed by atoms with van der Waals surface area (Å²) in [6.45, 7) is 2.34. The third-order valence-corrected chi connectivity index (χ3v) is 5.50. The molecule has 1 aliphatic carbocycles. The number of amides is 1. The van der Waals surface area contributed by atoms with E-state index in [4.69, 9.17) is 21.1 Å². The van der Waals surface area contributed by atoms with Gasteiger partial charge in [0.05, 0.1) is 17.0 Å². The van der Waals surface area contributed by atoms with Gasteiger partial charge in [-0.15, -0.1) is 0 Å². The Labute approximate surface area is 170 Å². The van der Waals surface area contributed by atoms with Gasteiger partial charge >= 0.3 is 0 Å². The molecule has 0 spiro atoms. The maximum atomic E-state index is 13.3. The summed E-state index contributed by atoms with van der Waals surface area (Å²) in [5.74, 6) is 0.148. The smallest absolute Gasteiger partial charge is 0.235 e. The quantitative estimate of drug-likeness (QED) is 0.676. The minimum Gasteiger partial charge on any atom is -0.487 e. The third-order valence-electron chi connectivity index (χ3n) is 5.21. The Morgan fingerprint density at radius 3 is 2.50 bits per heavy atom. The van der Waals surface area contributed by atoms with Crippen molar-refractivity contribution >= 4 is 23.2 Å². The molecule has 1 N–H and O–H groups in total. The van der Waals surface area contributed by atoms with Crippen LogP contribution in [0, 0.1) is 5.82 Å². The van der Waals surface area contributed by atoms with Crippen molar-refractivity contribution in [1.82, 2.24) is 0 Å². The van der Waals surface area contributed by atoms with E-state index in [-0.39, 0.29) is 17.8 Å². The normalized spacial score (nSPS) is 16.6. The number of hydrogen-bond donors (Lipinski definition) is 1. The molecule has 1 fully saturated rings. The molecule has 1 amide bonds. The second kappa shape index (κ2) is 8.93. The average Bonchev–Trinajstić information content (AvgIpc) is 3.16. The van der Waals surface area contributed by atoms with Crippen LogP contribution in [0.1, 0.15) is 38.2 Å². The van der Waals surface area contributed by atoms with E-state index in [9.17, 15) is 9.18 Å². The van der Waals surface area contributed by atoms with Crippen molar-refractivity contribution in [2.45, 2.75) is 44.1 Å². The van der Waals surface area contributed by atoms with Crippen LogP contribution in [0.3, 0.4) is 0 Å². The molecule has 0 saturated heterocycles. The number of methoxy groups -OCH3 is 1. The van der Waals surface area contributed by atoms with Crippen LogP contribution in [0.2, 0.25) is 5.02 Å². The van der Waals surface area contributed by atoms with Gasteiger partial charge in [0.1, 0.15) is 17.7 Å². The average molecular weight is 406 g/mol. The fourth-order valence-electron chi connectivity index (χ4n) is 3.80. The Balaban J connectivity index is 1.77. The number of anilines is 1. The fourth-order valence-corrected chi connectivity index (χ4v) is 4.03. The predicted octanol–water partition coefficient (Wildman–Crippen LogP) is 5.34. The molecule has 0 radical (unpaired) electrons. The van der Waals surface area contributed by atoms with Crippen molar-refractivity contribution in [2.75, 3.05) is 19.0 Å². The van der Waals surface area contributed by atoms with Gasteiger partial charge in [-0.3, -0.25) is 4.79 Å². The Hall–Kier alpha value is -2.11. The Kier molecular flexibility index (Phi) is 6.57. The largest absolute Gasteiger partial charge is 0.487 e. The highest BCUT2D eigenvalue weighted by Crippen LogP contribution is 2.42. The van der Waals surface area contributed by atoms with E-state index in [2.05, 4.69) is 5.32 Å². The maximum Gasteiger partial charge on any atom is 0.235 e. The van der Waals surface area contributed by atoms with Crippen molar-refractivity contribution in [2.24, 2.45) is 0 Å². The number of hydrogen-bond acceptors (Lipinski definition) is 3. The van der Waals surface area contributed by atoms with Crippen LogP contribution >= 0.6 is 11.6 Å². The number of nitrogens with one attached hydrogen (secondary N) is 1. The number of rotatable bonds is 7. The number of carbonyl (C=O) groups is 1. The molecule has 0 heterocycles. The van der Waals surface area contributed by atoms with E-state index in [1.165, 1.54) is 12.1 Å². The predicted molar refractivity (Wildman–Crippen MR) is 109 cm³/mol. The van der Waals surface area contributed by atoms with Crippen molar-refractivity contribution in [3.8, 4) is 5.75 Å². The van der Waals surface area contributed by atoms with Gasteiger partial charge in [-0.25, -0.2) is 4.39 Å². The molecule has 2 aromatic rings. The van der Waals surface area contributed by atoms with Crippen LogP contribution in [0.4, 0.5) is 10.1 Å². The van der Waals surface area contributed by atoms with Gasteiger partial charge in [0.15, 0.2) is 0 Å². The van der Waals surface area contributed by atoms with Gasteiger partial charge < -0.3 is 14.8 Å². The summed E-state index contributed by atoms with van der Waals surface area (Å²) in [7, 11) is 1.61. The minimum absolute atomic E-state index is 0.0888. The number of carbonyl (C=O) groups excluding carboxylic acids is 1. The summed E-state index contributed by atoms with van der Waals surface area (Å²) in [6, 6.07) is 11.4. The Morgan fingerprint density at radius 2 is 1.89 bits per heavy atom. The molecule has 2 aromatic carbocycles. The van der Waals surface area contributed by atoms with E-state index in [1.54, 1.807) is 37.4 Å². The molecule has 1 saturated carbocycles. The summed E-state index contributed by atoms with van der Waals surface area (Å²) in [5.41, 5.74) is 0.820. The molecule has 6 heteroatoms. The van der Waals surface area contributed by atoms with Crippen LogP contribution in [0.5, 0.6) is 5.75 Å². The van der Waals surface area contributed by atoms with E-state index in [0.29, 0.717) is 23.1 Å². The Bertz CT molecular complexity index is 819. The van der Waals surface area contributed by atoms with Crippen LogP contribution < -0.4 is 10.1 Å². The molecule has 1 atom stereocenters.